The second-order valence-electron chi connectivity index (χ2n) is 5.24. The molecule has 0 atom stereocenters. The van der Waals surface area contributed by atoms with E-state index < -0.39 is 12.8 Å². The number of benzene rings is 1. The normalized spacial score (nSPS) is 11.8. The molecule has 26 heavy (non-hydrogen) atoms. The van der Waals surface area contributed by atoms with Crippen LogP contribution < -0.4 is 16.0 Å². The molecule has 0 spiro atoms. The number of fused-ring (bicyclic) bond motifs is 1. The Kier molecular flexibility index (Phi) is 5.54. The van der Waals surface area contributed by atoms with E-state index in [4.69, 9.17) is 10.5 Å². The zero-order valence-electron chi connectivity index (χ0n) is 13.3. The second kappa shape index (κ2) is 7.68. The molecule has 0 aliphatic heterocycles. The summed E-state index contributed by atoms with van der Waals surface area (Å²) in [6.07, 6.45) is -4.41. The fourth-order valence-corrected chi connectivity index (χ4v) is 3.74. The summed E-state index contributed by atoms with van der Waals surface area (Å²) < 4.78 is 42.8. The molecule has 0 saturated carbocycles. The molecule has 138 valence electrons. The lowest BCUT2D eigenvalue weighted by Crippen LogP contribution is -2.22. The third-order valence-electron chi connectivity index (χ3n) is 3.33. The van der Waals surface area contributed by atoms with E-state index in [1.54, 1.807) is 10.8 Å². The molecule has 0 aliphatic rings. The quantitative estimate of drug-likeness (QED) is 0.506. The topological polar surface area (TPSA) is 70.1 Å². The lowest BCUT2D eigenvalue weighted by Gasteiger charge is -2.13. The Morgan fingerprint density at radius 3 is 2.62 bits per heavy atom. The third kappa shape index (κ3) is 4.19. The molecule has 0 saturated heterocycles. The molecule has 0 radical (unpaired) electrons. The van der Waals surface area contributed by atoms with Crippen LogP contribution in [0.4, 0.5) is 13.2 Å². The molecule has 2 N–H and O–H groups in total. The summed E-state index contributed by atoms with van der Waals surface area (Å²) in [5.41, 5.74) is 6.41. The van der Waals surface area contributed by atoms with Gasteiger partial charge in [0.1, 0.15) is 5.75 Å². The molecule has 3 rings (SSSR count). The van der Waals surface area contributed by atoms with Gasteiger partial charge < -0.3 is 10.5 Å². The standard InChI is InChI=1S/C16H14F3N3O2S2/c17-16(18,19)9-24-11-3-1-10(2-4-11)22-14(23)12-7-25-8-13(12)21-15(22)26-6-5-20/h1-4,7-8H,5-6,9,20H2. The highest BCUT2D eigenvalue weighted by Gasteiger charge is 2.28. The van der Waals surface area contributed by atoms with Crippen molar-refractivity contribution in [2.45, 2.75) is 11.3 Å². The fourth-order valence-electron chi connectivity index (χ4n) is 2.23. The Morgan fingerprint density at radius 1 is 1.23 bits per heavy atom. The summed E-state index contributed by atoms with van der Waals surface area (Å²) in [6, 6.07) is 5.84. The molecule has 2 heterocycles. The van der Waals surface area contributed by atoms with Crippen molar-refractivity contribution in [3.8, 4) is 11.4 Å². The maximum Gasteiger partial charge on any atom is 0.422 e. The molecule has 0 aliphatic carbocycles. The minimum atomic E-state index is -4.41. The molecule has 2 aromatic heterocycles. The maximum atomic E-state index is 12.8. The van der Waals surface area contributed by atoms with Crippen LogP contribution in [0.1, 0.15) is 0 Å². The monoisotopic (exact) mass is 401 g/mol. The number of hydrogen-bond donors (Lipinski definition) is 1. The molecule has 10 heteroatoms. The number of rotatable bonds is 6. The number of ether oxygens (including phenoxy) is 1. The van der Waals surface area contributed by atoms with Crippen LogP contribution in [0.5, 0.6) is 5.75 Å². The van der Waals surface area contributed by atoms with Crippen LogP contribution >= 0.6 is 23.1 Å². The van der Waals surface area contributed by atoms with Gasteiger partial charge in [-0.05, 0) is 24.3 Å². The van der Waals surface area contributed by atoms with E-state index in [-0.39, 0.29) is 11.3 Å². The van der Waals surface area contributed by atoms with E-state index in [1.807, 2.05) is 0 Å². The van der Waals surface area contributed by atoms with E-state index in [9.17, 15) is 18.0 Å². The molecule has 5 nitrogen and oxygen atoms in total. The number of nitrogens with two attached hydrogens (primary N) is 1. The Hall–Kier alpha value is -2.04. The summed E-state index contributed by atoms with van der Waals surface area (Å²) in [6.45, 7) is -0.946. The van der Waals surface area contributed by atoms with Gasteiger partial charge in [0.15, 0.2) is 11.8 Å². The fraction of sp³-hybridized carbons (Fsp3) is 0.250. The zero-order valence-corrected chi connectivity index (χ0v) is 15.0. The average Bonchev–Trinajstić information content (AvgIpc) is 3.07. The van der Waals surface area contributed by atoms with Gasteiger partial charge in [0.05, 0.1) is 16.6 Å². The van der Waals surface area contributed by atoms with Crippen molar-refractivity contribution >= 4 is 34.0 Å². The highest BCUT2D eigenvalue weighted by molar-refractivity contribution is 7.99. The Morgan fingerprint density at radius 2 is 1.96 bits per heavy atom. The van der Waals surface area contributed by atoms with Crippen molar-refractivity contribution in [3.05, 3.63) is 45.4 Å². The SMILES string of the molecule is NCCSc1nc2cscc2c(=O)n1-c1ccc(OCC(F)(F)F)cc1. The molecule has 3 aromatic rings. The lowest BCUT2D eigenvalue weighted by atomic mass is 10.3. The first-order chi connectivity index (χ1) is 12.4. The molecular weight excluding hydrogens is 387 g/mol. The number of halogens is 3. The van der Waals surface area contributed by atoms with Gasteiger partial charge in [0.2, 0.25) is 0 Å². The van der Waals surface area contributed by atoms with Gasteiger partial charge in [0, 0.05) is 23.1 Å². The Balaban J connectivity index is 1.98. The molecule has 0 fully saturated rings. The first-order valence-electron chi connectivity index (χ1n) is 7.51. The average molecular weight is 401 g/mol. The van der Waals surface area contributed by atoms with Crippen molar-refractivity contribution in [1.29, 1.82) is 0 Å². The molecule has 0 unspecified atom stereocenters. The van der Waals surface area contributed by atoms with Crippen molar-refractivity contribution in [2.75, 3.05) is 18.9 Å². The number of hydrogen-bond acceptors (Lipinski definition) is 6. The number of thioether (sulfide) groups is 1. The van der Waals surface area contributed by atoms with Crippen molar-refractivity contribution in [1.82, 2.24) is 9.55 Å². The predicted octanol–water partition coefficient (Wildman–Crippen LogP) is 3.44. The first kappa shape index (κ1) is 18.7. The summed E-state index contributed by atoms with van der Waals surface area (Å²) in [7, 11) is 0. The van der Waals surface area contributed by atoms with Gasteiger partial charge in [-0.1, -0.05) is 11.8 Å². The van der Waals surface area contributed by atoms with Gasteiger partial charge in [-0.3, -0.25) is 9.36 Å². The smallest absolute Gasteiger partial charge is 0.422 e. The molecule has 0 bridgehead atoms. The highest BCUT2D eigenvalue weighted by atomic mass is 32.2. The zero-order chi connectivity index (χ0) is 18.7. The maximum absolute atomic E-state index is 12.8. The van der Waals surface area contributed by atoms with Gasteiger partial charge in [-0.2, -0.15) is 13.2 Å². The van der Waals surface area contributed by atoms with Gasteiger partial charge in [0.25, 0.3) is 5.56 Å². The van der Waals surface area contributed by atoms with Crippen LogP contribution in [0.25, 0.3) is 16.6 Å². The van der Waals surface area contributed by atoms with E-state index in [0.29, 0.717) is 34.0 Å². The van der Waals surface area contributed by atoms with Crippen LogP contribution in [0, 0.1) is 0 Å². The molecular formula is C16H14F3N3O2S2. The van der Waals surface area contributed by atoms with Crippen molar-refractivity contribution < 1.29 is 17.9 Å². The van der Waals surface area contributed by atoms with E-state index in [1.165, 1.54) is 51.9 Å². The van der Waals surface area contributed by atoms with Crippen LogP contribution in [0.15, 0.2) is 45.0 Å². The first-order valence-corrected chi connectivity index (χ1v) is 9.44. The highest BCUT2D eigenvalue weighted by Crippen LogP contribution is 2.24. The molecule has 0 amide bonds. The van der Waals surface area contributed by atoms with E-state index in [0.717, 1.165) is 0 Å². The summed E-state index contributed by atoms with van der Waals surface area (Å²) >= 11 is 2.72. The van der Waals surface area contributed by atoms with Crippen LogP contribution in [0.3, 0.4) is 0 Å². The van der Waals surface area contributed by atoms with Crippen LogP contribution in [0.2, 0.25) is 0 Å². The second-order valence-corrected chi connectivity index (χ2v) is 7.05. The predicted molar refractivity (Wildman–Crippen MR) is 96.5 cm³/mol. The molecule has 1 aromatic carbocycles. The van der Waals surface area contributed by atoms with Crippen LogP contribution in [-0.4, -0.2) is 34.6 Å². The van der Waals surface area contributed by atoms with Crippen molar-refractivity contribution in [3.63, 3.8) is 0 Å². The minimum Gasteiger partial charge on any atom is -0.484 e. The Labute approximate surface area is 154 Å². The lowest BCUT2D eigenvalue weighted by molar-refractivity contribution is -0.153. The van der Waals surface area contributed by atoms with E-state index in [2.05, 4.69) is 4.98 Å². The van der Waals surface area contributed by atoms with E-state index >= 15 is 0 Å². The van der Waals surface area contributed by atoms with Gasteiger partial charge in [-0.25, -0.2) is 4.98 Å². The Bertz CT molecular complexity index is 952. The number of alkyl halides is 3. The number of aromatic nitrogens is 2. The summed E-state index contributed by atoms with van der Waals surface area (Å²) in [4.78, 5) is 17.3. The number of thiophene rings is 1. The third-order valence-corrected chi connectivity index (χ3v) is 5.03. The van der Waals surface area contributed by atoms with Gasteiger partial charge in [-0.15, -0.1) is 11.3 Å². The van der Waals surface area contributed by atoms with Gasteiger partial charge >= 0.3 is 6.18 Å². The summed E-state index contributed by atoms with van der Waals surface area (Å²) in [5, 5.41) is 4.49. The number of nitrogens with zero attached hydrogens (tertiary/aromatic N) is 2. The summed E-state index contributed by atoms with van der Waals surface area (Å²) in [5.74, 6) is 0.648. The minimum absolute atomic E-state index is 0.0693. The van der Waals surface area contributed by atoms with Crippen molar-refractivity contribution in [2.24, 2.45) is 5.73 Å². The largest absolute Gasteiger partial charge is 0.484 e. The van der Waals surface area contributed by atoms with Crippen LogP contribution in [-0.2, 0) is 0 Å².